The minimum Gasteiger partial charge on any atom is -0.463 e. The minimum atomic E-state index is -1.20. The van der Waals surface area contributed by atoms with Crippen LogP contribution in [0.15, 0.2) is 6.20 Å². The number of nitrogens with one attached hydrogen (secondary N) is 1. The lowest BCUT2D eigenvalue weighted by molar-refractivity contribution is -0.239. The van der Waals surface area contributed by atoms with Gasteiger partial charge in [-0.2, -0.15) is 0 Å². The lowest BCUT2D eigenvalue weighted by atomic mass is 9.83. The van der Waals surface area contributed by atoms with E-state index in [-0.39, 0.29) is 6.61 Å². The fourth-order valence-corrected chi connectivity index (χ4v) is 4.54. The number of hydrogen-bond donors (Lipinski definition) is 2. The van der Waals surface area contributed by atoms with Crippen LogP contribution in [0.25, 0.3) is 0 Å². The Labute approximate surface area is 202 Å². The molecule has 2 heterocycles. The van der Waals surface area contributed by atoms with Gasteiger partial charge in [0.2, 0.25) is 5.91 Å². The average molecular weight is 497 g/mol. The fraction of sp³-hybridized carbons (Fsp3) is 0.727. The molecule has 2 N–H and O–H groups in total. The van der Waals surface area contributed by atoms with Crippen molar-refractivity contribution in [2.75, 3.05) is 6.61 Å². The molecule has 1 aliphatic heterocycles. The Morgan fingerprint density at radius 1 is 1.06 bits per heavy atom. The molecule has 2 fully saturated rings. The van der Waals surface area contributed by atoms with Gasteiger partial charge in [-0.15, -0.1) is 5.10 Å². The Kier molecular flexibility index (Phi) is 8.43. The molecule has 5 atom stereocenters. The van der Waals surface area contributed by atoms with E-state index in [1.165, 1.54) is 38.6 Å². The van der Waals surface area contributed by atoms with E-state index in [1.807, 2.05) is 0 Å². The third kappa shape index (κ3) is 6.54. The van der Waals surface area contributed by atoms with Gasteiger partial charge in [0.25, 0.3) is 0 Å². The molecule has 1 saturated carbocycles. The van der Waals surface area contributed by atoms with Gasteiger partial charge in [-0.1, -0.05) is 24.5 Å². The van der Waals surface area contributed by atoms with Crippen molar-refractivity contribution in [1.29, 1.82) is 0 Å². The number of aliphatic hydroxyl groups is 1. The zero-order valence-corrected chi connectivity index (χ0v) is 20.3. The highest BCUT2D eigenvalue weighted by atomic mass is 16.6. The molecule has 3 rings (SSSR count). The third-order valence-corrected chi connectivity index (χ3v) is 6.02. The van der Waals surface area contributed by atoms with E-state index in [4.69, 9.17) is 18.9 Å². The Balaban J connectivity index is 2.01. The van der Waals surface area contributed by atoms with Gasteiger partial charge in [-0.3, -0.25) is 19.2 Å². The molecule has 0 unspecified atom stereocenters. The monoisotopic (exact) mass is 496 g/mol. The number of hydrogen-bond acceptors (Lipinski definition) is 11. The summed E-state index contributed by atoms with van der Waals surface area (Å²) in [6.07, 6.45) is 0.743. The molecule has 35 heavy (non-hydrogen) atoms. The molecule has 0 aromatic carbocycles. The molecule has 1 amide bonds. The summed E-state index contributed by atoms with van der Waals surface area (Å²) in [5, 5.41) is 22.0. The third-order valence-electron chi connectivity index (χ3n) is 6.02. The van der Waals surface area contributed by atoms with Crippen LogP contribution in [0, 0.1) is 0 Å². The highest BCUT2D eigenvalue weighted by Gasteiger charge is 2.52. The Hall–Kier alpha value is -3.06. The second-order valence-electron chi connectivity index (χ2n) is 8.92. The largest absolute Gasteiger partial charge is 0.463 e. The molecule has 13 nitrogen and oxygen atoms in total. The van der Waals surface area contributed by atoms with Gasteiger partial charge < -0.3 is 29.4 Å². The van der Waals surface area contributed by atoms with Crippen LogP contribution in [0.5, 0.6) is 0 Å². The molecular formula is C22H32N4O9. The Morgan fingerprint density at radius 3 is 2.26 bits per heavy atom. The van der Waals surface area contributed by atoms with E-state index in [9.17, 15) is 24.3 Å². The zero-order chi connectivity index (χ0) is 25.8. The molecule has 0 spiro atoms. The van der Waals surface area contributed by atoms with Crippen molar-refractivity contribution in [3.63, 3.8) is 0 Å². The lowest BCUT2D eigenvalue weighted by Gasteiger charge is -2.45. The Bertz CT molecular complexity index is 943. The highest BCUT2D eigenvalue weighted by Crippen LogP contribution is 2.37. The van der Waals surface area contributed by atoms with Crippen LogP contribution in [0.2, 0.25) is 0 Å². The first kappa shape index (κ1) is 26.5. The van der Waals surface area contributed by atoms with Crippen molar-refractivity contribution in [2.45, 2.75) is 96.0 Å². The lowest BCUT2D eigenvalue weighted by Crippen LogP contribution is -2.64. The van der Waals surface area contributed by atoms with Crippen LogP contribution in [0.4, 0.5) is 0 Å². The van der Waals surface area contributed by atoms with Gasteiger partial charge in [-0.05, 0) is 12.8 Å². The van der Waals surface area contributed by atoms with Crippen LogP contribution in [0.1, 0.15) is 71.7 Å². The number of amides is 1. The summed E-state index contributed by atoms with van der Waals surface area (Å²) in [5.41, 5.74) is -0.786. The molecule has 1 saturated heterocycles. The molecule has 2 aliphatic rings. The summed E-state index contributed by atoms with van der Waals surface area (Å²) < 4.78 is 23.4. The number of rotatable bonds is 7. The quantitative estimate of drug-likeness (QED) is 0.392. The van der Waals surface area contributed by atoms with Crippen LogP contribution in [0.3, 0.4) is 0 Å². The van der Waals surface area contributed by atoms with Gasteiger partial charge in [0.15, 0.2) is 18.4 Å². The van der Waals surface area contributed by atoms with E-state index in [0.29, 0.717) is 18.5 Å². The zero-order valence-electron chi connectivity index (χ0n) is 20.3. The maximum absolute atomic E-state index is 12.1. The standard InChI is InChI=1S/C22H32N4O9/c1-12(27)23-18-20(34-15(4)30)19(33-14(3)29)16(11-32-13(2)28)35-21(18)26-10-17(24-25-26)22(31)8-6-5-7-9-22/h10,16,18-21,31H,5-9,11H2,1-4H3,(H,23,27)/t16-,18-,19-,20-,21-/m1/s1. The average Bonchev–Trinajstić information content (AvgIpc) is 3.26. The molecule has 0 radical (unpaired) electrons. The highest BCUT2D eigenvalue weighted by molar-refractivity contribution is 5.73. The molecule has 1 aromatic heterocycles. The fourth-order valence-electron chi connectivity index (χ4n) is 4.54. The minimum absolute atomic E-state index is 0.320. The van der Waals surface area contributed by atoms with Crippen LogP contribution in [-0.4, -0.2) is 74.9 Å². The van der Waals surface area contributed by atoms with Gasteiger partial charge in [0, 0.05) is 27.7 Å². The van der Waals surface area contributed by atoms with Gasteiger partial charge in [0.05, 0.1) is 6.20 Å². The molecule has 1 aliphatic carbocycles. The van der Waals surface area contributed by atoms with E-state index in [1.54, 1.807) is 0 Å². The van der Waals surface area contributed by atoms with Gasteiger partial charge in [0.1, 0.15) is 30.0 Å². The topological polar surface area (TPSA) is 168 Å². The maximum Gasteiger partial charge on any atom is 0.303 e. The molecule has 13 heteroatoms. The second kappa shape index (κ2) is 11.1. The van der Waals surface area contributed by atoms with Crippen molar-refractivity contribution in [3.8, 4) is 0 Å². The summed E-state index contributed by atoms with van der Waals surface area (Å²) in [6, 6.07) is -1.05. The number of carbonyl (C=O) groups excluding carboxylic acids is 4. The van der Waals surface area contributed by atoms with Crippen LogP contribution in [-0.2, 0) is 43.7 Å². The number of carbonyl (C=O) groups is 4. The van der Waals surface area contributed by atoms with Gasteiger partial charge in [-0.25, -0.2) is 4.68 Å². The maximum atomic E-state index is 12.1. The van der Waals surface area contributed by atoms with Crippen molar-refractivity contribution in [1.82, 2.24) is 20.3 Å². The number of esters is 3. The summed E-state index contributed by atoms with van der Waals surface area (Å²) in [5.74, 6) is -2.44. The van der Waals surface area contributed by atoms with Gasteiger partial charge >= 0.3 is 17.9 Å². The summed E-state index contributed by atoms with van der Waals surface area (Å²) >= 11 is 0. The van der Waals surface area contributed by atoms with E-state index < -0.39 is 60.0 Å². The van der Waals surface area contributed by atoms with Crippen LogP contribution < -0.4 is 5.32 Å². The number of nitrogens with zero attached hydrogens (tertiary/aromatic N) is 3. The second-order valence-corrected chi connectivity index (χ2v) is 8.92. The van der Waals surface area contributed by atoms with E-state index >= 15 is 0 Å². The van der Waals surface area contributed by atoms with Crippen molar-refractivity contribution >= 4 is 23.8 Å². The van der Waals surface area contributed by atoms with Crippen molar-refractivity contribution in [2.24, 2.45) is 0 Å². The predicted octanol–water partition coefficient (Wildman–Crippen LogP) is 0.258. The molecular weight excluding hydrogens is 464 g/mol. The summed E-state index contributed by atoms with van der Waals surface area (Å²) in [7, 11) is 0. The first-order chi connectivity index (χ1) is 16.5. The molecule has 194 valence electrons. The smallest absolute Gasteiger partial charge is 0.303 e. The van der Waals surface area contributed by atoms with E-state index in [2.05, 4.69) is 15.6 Å². The molecule has 0 bridgehead atoms. The Morgan fingerprint density at radius 2 is 1.69 bits per heavy atom. The van der Waals surface area contributed by atoms with E-state index in [0.717, 1.165) is 19.3 Å². The summed E-state index contributed by atoms with van der Waals surface area (Å²) in [4.78, 5) is 47.4. The first-order valence-electron chi connectivity index (χ1n) is 11.6. The van der Waals surface area contributed by atoms with Crippen molar-refractivity contribution < 1.29 is 43.2 Å². The SMILES string of the molecule is CC(=O)N[C@@H]1[C@@H](OC(C)=O)[C@H](OC(C)=O)[C@@H](COC(C)=O)O[C@H]1n1cc(C2(O)CCCCC2)nn1. The predicted molar refractivity (Wildman–Crippen MR) is 116 cm³/mol. The number of ether oxygens (including phenoxy) is 4. The molecule has 1 aromatic rings. The summed E-state index contributed by atoms with van der Waals surface area (Å²) in [6.45, 7) is 4.50. The van der Waals surface area contributed by atoms with Crippen molar-refractivity contribution in [3.05, 3.63) is 11.9 Å². The van der Waals surface area contributed by atoms with Crippen LogP contribution >= 0.6 is 0 Å². The normalized spacial score (nSPS) is 28.0. The number of aromatic nitrogens is 3. The first-order valence-corrected chi connectivity index (χ1v) is 11.6.